The van der Waals surface area contributed by atoms with Crippen molar-refractivity contribution in [1.82, 2.24) is 29.7 Å². The highest BCUT2D eigenvalue weighted by molar-refractivity contribution is 5.75. The minimum Gasteiger partial charge on any atom is -0.383 e. The average molecular weight is 453 g/mol. The molecule has 1 aromatic carbocycles. The Kier molecular flexibility index (Phi) is 6.07. The maximum absolute atomic E-state index is 4.75. The molecule has 0 spiro atoms. The molecular formula is C28H32N6. The molecule has 2 aliphatic heterocycles. The van der Waals surface area contributed by atoms with Gasteiger partial charge < -0.3 is 10.2 Å². The van der Waals surface area contributed by atoms with Gasteiger partial charge in [0.15, 0.2) is 5.65 Å². The van der Waals surface area contributed by atoms with E-state index in [1.165, 1.54) is 11.1 Å². The van der Waals surface area contributed by atoms with Crippen LogP contribution in [0.5, 0.6) is 0 Å². The fraction of sp³-hybridized carbons (Fsp3) is 0.286. The van der Waals surface area contributed by atoms with Crippen molar-refractivity contribution in [3.05, 3.63) is 102 Å². The zero-order valence-electron chi connectivity index (χ0n) is 20.0. The van der Waals surface area contributed by atoms with Crippen LogP contribution in [0.3, 0.4) is 0 Å². The summed E-state index contributed by atoms with van der Waals surface area (Å²) < 4.78 is 1.82. The van der Waals surface area contributed by atoms with E-state index in [2.05, 4.69) is 54.6 Å². The highest BCUT2D eigenvalue weighted by Crippen LogP contribution is 2.23. The fourth-order valence-corrected chi connectivity index (χ4v) is 4.56. The number of fused-ring (bicyclic) bond motifs is 2. The molecule has 0 amide bonds. The molecule has 5 rings (SSSR count). The Labute approximate surface area is 201 Å². The molecule has 174 valence electrons. The van der Waals surface area contributed by atoms with Crippen molar-refractivity contribution in [3.63, 3.8) is 0 Å². The van der Waals surface area contributed by atoms with Crippen LogP contribution in [-0.4, -0.2) is 51.1 Å². The Morgan fingerprint density at radius 2 is 2.00 bits per heavy atom. The van der Waals surface area contributed by atoms with E-state index in [4.69, 9.17) is 10.1 Å². The van der Waals surface area contributed by atoms with Crippen molar-refractivity contribution >= 4 is 16.9 Å². The van der Waals surface area contributed by atoms with Crippen molar-refractivity contribution in [3.8, 4) is 0 Å². The predicted octanol–water partition coefficient (Wildman–Crippen LogP) is 4.34. The van der Waals surface area contributed by atoms with E-state index in [0.29, 0.717) is 5.92 Å². The minimum atomic E-state index is 0.500. The molecule has 2 aromatic heterocycles. The lowest BCUT2D eigenvalue weighted by molar-refractivity contribution is 0.220. The number of benzene rings is 1. The van der Waals surface area contributed by atoms with E-state index >= 15 is 0 Å². The summed E-state index contributed by atoms with van der Waals surface area (Å²) >= 11 is 0. The highest BCUT2D eigenvalue weighted by Gasteiger charge is 2.18. The maximum Gasteiger partial charge on any atom is 0.154 e. The van der Waals surface area contributed by atoms with Gasteiger partial charge in [0, 0.05) is 50.7 Å². The van der Waals surface area contributed by atoms with Crippen molar-refractivity contribution in [2.45, 2.75) is 19.9 Å². The average Bonchev–Trinajstić information content (AvgIpc) is 3.28. The highest BCUT2D eigenvalue weighted by atomic mass is 15.3. The Morgan fingerprint density at radius 3 is 2.82 bits per heavy atom. The summed E-state index contributed by atoms with van der Waals surface area (Å²) in [6.45, 7) is 14.7. The van der Waals surface area contributed by atoms with Gasteiger partial charge in [-0.3, -0.25) is 4.90 Å². The smallest absolute Gasteiger partial charge is 0.154 e. The number of aromatic nitrogens is 3. The number of likely N-dealkylation sites (N-methyl/N-ethyl adjacent to an activating group) is 1. The monoisotopic (exact) mass is 452 g/mol. The van der Waals surface area contributed by atoms with Crippen LogP contribution in [0.25, 0.3) is 16.9 Å². The first-order chi connectivity index (χ1) is 16.5. The second-order valence-electron chi connectivity index (χ2n) is 9.38. The van der Waals surface area contributed by atoms with E-state index in [9.17, 15) is 0 Å². The van der Waals surface area contributed by atoms with E-state index in [-0.39, 0.29) is 0 Å². The lowest BCUT2D eigenvalue weighted by Crippen LogP contribution is -2.36. The fourth-order valence-electron chi connectivity index (χ4n) is 4.56. The third-order valence-corrected chi connectivity index (χ3v) is 6.62. The normalized spacial score (nSPS) is 16.9. The molecule has 0 bridgehead atoms. The van der Waals surface area contributed by atoms with Crippen LogP contribution in [0.4, 0.5) is 0 Å². The molecule has 0 radical (unpaired) electrons. The molecule has 0 saturated heterocycles. The standard InChI is InChI=1S/C28H32N6/c1-20(17-33-14-12-23-7-5-6-8-25(23)18-33)16-29-22(3)27-19-34-28(30-27)10-9-26(31-34)24-11-13-32(4)21(2)15-24/h5-11,13,15,19-20,29H,2-3,12,14,16-18H2,1,4H3. The van der Waals surface area contributed by atoms with Crippen LogP contribution < -0.4 is 5.32 Å². The Hall–Kier alpha value is -3.64. The van der Waals surface area contributed by atoms with E-state index in [1.54, 1.807) is 0 Å². The second kappa shape index (κ2) is 9.31. The molecule has 6 nitrogen and oxygen atoms in total. The number of hydrogen-bond acceptors (Lipinski definition) is 5. The number of imidazole rings is 1. The summed E-state index contributed by atoms with van der Waals surface area (Å²) in [5.41, 5.74) is 8.27. The summed E-state index contributed by atoms with van der Waals surface area (Å²) in [6, 6.07) is 12.8. The first kappa shape index (κ1) is 22.2. The molecule has 0 fully saturated rings. The number of nitrogens with zero attached hydrogens (tertiary/aromatic N) is 5. The molecule has 1 unspecified atom stereocenters. The summed E-state index contributed by atoms with van der Waals surface area (Å²) in [7, 11) is 1.98. The van der Waals surface area contributed by atoms with Crippen LogP contribution in [0.2, 0.25) is 0 Å². The molecule has 6 heteroatoms. The summed E-state index contributed by atoms with van der Waals surface area (Å²) in [4.78, 5) is 9.24. The Bertz CT molecular complexity index is 1300. The van der Waals surface area contributed by atoms with E-state index in [1.807, 2.05) is 53.1 Å². The van der Waals surface area contributed by atoms with Crippen molar-refractivity contribution in [1.29, 1.82) is 0 Å². The zero-order chi connectivity index (χ0) is 23.7. The minimum absolute atomic E-state index is 0.500. The van der Waals surface area contributed by atoms with Crippen LogP contribution in [0.1, 0.15) is 29.4 Å². The van der Waals surface area contributed by atoms with Crippen LogP contribution in [0.15, 0.2) is 79.8 Å². The molecule has 34 heavy (non-hydrogen) atoms. The van der Waals surface area contributed by atoms with Crippen molar-refractivity contribution < 1.29 is 0 Å². The molecule has 1 N–H and O–H groups in total. The van der Waals surface area contributed by atoms with Gasteiger partial charge >= 0.3 is 0 Å². The third-order valence-electron chi connectivity index (χ3n) is 6.62. The topological polar surface area (TPSA) is 48.7 Å². The lowest BCUT2D eigenvalue weighted by atomic mass is 9.99. The van der Waals surface area contributed by atoms with E-state index < -0.39 is 0 Å². The Morgan fingerprint density at radius 1 is 1.18 bits per heavy atom. The molecule has 0 saturated carbocycles. The molecule has 4 heterocycles. The molecule has 3 aromatic rings. The summed E-state index contributed by atoms with van der Waals surface area (Å²) in [5.74, 6) is 0.500. The maximum atomic E-state index is 4.75. The number of nitrogens with one attached hydrogen (secondary N) is 1. The van der Waals surface area contributed by atoms with Gasteiger partial charge in [-0.25, -0.2) is 9.50 Å². The number of allylic oxidation sites excluding steroid dienone is 3. The third kappa shape index (κ3) is 4.68. The van der Waals surface area contributed by atoms with Gasteiger partial charge in [-0.05, 0) is 47.8 Å². The molecule has 2 aliphatic rings. The van der Waals surface area contributed by atoms with Crippen LogP contribution in [0, 0.1) is 5.92 Å². The van der Waals surface area contributed by atoms with Crippen molar-refractivity contribution in [2.24, 2.45) is 5.92 Å². The lowest BCUT2D eigenvalue weighted by Gasteiger charge is -2.31. The zero-order valence-corrected chi connectivity index (χ0v) is 20.0. The van der Waals surface area contributed by atoms with Crippen LogP contribution >= 0.6 is 0 Å². The first-order valence-corrected chi connectivity index (χ1v) is 11.9. The SMILES string of the molecule is C=C(NCC(C)CN1CCc2ccccc2C1)c1cn2nc(C3=CC(=C)N(C)C=C3)ccc2n1. The van der Waals surface area contributed by atoms with Gasteiger partial charge in [0.25, 0.3) is 0 Å². The quantitative estimate of drug-likeness (QED) is 0.578. The van der Waals surface area contributed by atoms with Crippen LogP contribution in [-0.2, 0) is 13.0 Å². The van der Waals surface area contributed by atoms with Gasteiger partial charge in [0.1, 0.15) is 5.69 Å². The van der Waals surface area contributed by atoms with Crippen molar-refractivity contribution in [2.75, 3.05) is 26.7 Å². The van der Waals surface area contributed by atoms with Gasteiger partial charge in [-0.2, -0.15) is 5.10 Å². The first-order valence-electron chi connectivity index (χ1n) is 11.9. The molecule has 1 atom stereocenters. The second-order valence-corrected chi connectivity index (χ2v) is 9.38. The van der Waals surface area contributed by atoms with Gasteiger partial charge in [0.2, 0.25) is 0 Å². The Balaban J connectivity index is 1.19. The number of hydrogen-bond donors (Lipinski definition) is 1. The van der Waals surface area contributed by atoms with Gasteiger partial charge in [0.05, 0.1) is 17.6 Å². The van der Waals surface area contributed by atoms with Gasteiger partial charge in [-0.1, -0.05) is 44.3 Å². The predicted molar refractivity (Wildman–Crippen MR) is 139 cm³/mol. The largest absolute Gasteiger partial charge is 0.383 e. The van der Waals surface area contributed by atoms with E-state index in [0.717, 1.165) is 66.6 Å². The number of rotatable bonds is 7. The summed E-state index contributed by atoms with van der Waals surface area (Å²) in [6.07, 6.45) is 9.15. The molecular weight excluding hydrogens is 420 g/mol. The summed E-state index contributed by atoms with van der Waals surface area (Å²) in [5, 5.41) is 8.24. The van der Waals surface area contributed by atoms with Gasteiger partial charge in [-0.15, -0.1) is 0 Å². The molecule has 0 aliphatic carbocycles.